The van der Waals surface area contributed by atoms with Gasteiger partial charge in [0.05, 0.1) is 27.9 Å². The quantitative estimate of drug-likeness (QED) is 0.197. The van der Waals surface area contributed by atoms with Crippen LogP contribution in [0.25, 0.3) is 10.9 Å². The van der Waals surface area contributed by atoms with Crippen LogP contribution in [0.4, 0.5) is 15.9 Å². The van der Waals surface area contributed by atoms with Crippen LogP contribution in [0, 0.1) is 5.82 Å². The lowest BCUT2D eigenvalue weighted by atomic mass is 9.99. The van der Waals surface area contributed by atoms with Gasteiger partial charge in [-0.1, -0.05) is 29.8 Å². The van der Waals surface area contributed by atoms with Gasteiger partial charge in [0.2, 0.25) is 5.91 Å². The summed E-state index contributed by atoms with van der Waals surface area (Å²) in [5.74, 6) is 0.670. The Morgan fingerprint density at radius 3 is 2.66 bits per heavy atom. The van der Waals surface area contributed by atoms with E-state index in [9.17, 15) is 9.18 Å². The zero-order chi connectivity index (χ0) is 26.8. The molecular formula is C27H27Cl2FN4O4. The van der Waals surface area contributed by atoms with Gasteiger partial charge < -0.3 is 24.4 Å². The Morgan fingerprint density at radius 1 is 1.18 bits per heavy atom. The monoisotopic (exact) mass is 560 g/mol. The normalized spacial score (nSPS) is 20.4. The molecule has 2 fully saturated rings. The third-order valence-electron chi connectivity index (χ3n) is 6.95. The first kappa shape index (κ1) is 26.5. The molecule has 8 nitrogen and oxygen atoms in total. The molecule has 5 rings (SSSR count). The summed E-state index contributed by atoms with van der Waals surface area (Å²) in [5.41, 5.74) is 0.701. The number of hydrogen-bond acceptors (Lipinski definition) is 7. The smallest absolute Gasteiger partial charge is 0.246 e. The van der Waals surface area contributed by atoms with Crippen LogP contribution in [0.15, 0.2) is 43.2 Å². The number of nitrogens with one attached hydrogen (secondary N) is 1. The van der Waals surface area contributed by atoms with Crippen molar-refractivity contribution in [3.8, 4) is 11.5 Å². The molecule has 38 heavy (non-hydrogen) atoms. The van der Waals surface area contributed by atoms with Crippen LogP contribution >= 0.6 is 23.2 Å². The molecule has 3 heterocycles. The minimum absolute atomic E-state index is 0.0346. The van der Waals surface area contributed by atoms with Crippen molar-refractivity contribution >= 4 is 51.5 Å². The highest BCUT2D eigenvalue weighted by Crippen LogP contribution is 2.41. The topological polar surface area (TPSA) is 85.8 Å². The molecule has 3 atom stereocenters. The lowest BCUT2D eigenvalue weighted by molar-refractivity contribution is -0.131. The molecular weight excluding hydrogens is 534 g/mol. The van der Waals surface area contributed by atoms with Gasteiger partial charge in [0.25, 0.3) is 0 Å². The highest BCUT2D eigenvalue weighted by molar-refractivity contribution is 6.42. The first-order chi connectivity index (χ1) is 18.4. The highest BCUT2D eigenvalue weighted by Gasteiger charge is 2.43. The fourth-order valence-electron chi connectivity index (χ4n) is 5.22. The van der Waals surface area contributed by atoms with Crippen molar-refractivity contribution in [1.29, 1.82) is 0 Å². The predicted octanol–water partition coefficient (Wildman–Crippen LogP) is 5.93. The van der Waals surface area contributed by atoms with Crippen molar-refractivity contribution in [3.05, 3.63) is 59.1 Å². The average Bonchev–Trinajstić information content (AvgIpc) is 3.19. The standard InChI is InChI=1S/C27H27Cl2FN4O4/c1-3-24(35)34-15-4-5-16(34)11-17(10-15)38-23-12-18-21(13-22(23)37-9-8-36-2)31-14-32-27(18)33-20-7-6-19(28)25(29)26(20)30/h3,6-7,12-17H,1,4-5,8-11H2,2H3,(H,31,32,33)/t15-,16+,17?. The molecule has 0 spiro atoms. The zero-order valence-electron chi connectivity index (χ0n) is 20.8. The van der Waals surface area contributed by atoms with Crippen molar-refractivity contribution in [3.63, 3.8) is 0 Å². The average molecular weight is 561 g/mol. The number of fused-ring (bicyclic) bond motifs is 3. The molecule has 0 aliphatic carbocycles. The van der Waals surface area contributed by atoms with Crippen molar-refractivity contribution in [2.75, 3.05) is 25.6 Å². The Labute approximate surface area is 229 Å². The third kappa shape index (κ3) is 5.23. The molecule has 2 bridgehead atoms. The van der Waals surface area contributed by atoms with Gasteiger partial charge in [0.1, 0.15) is 24.9 Å². The van der Waals surface area contributed by atoms with Crippen LogP contribution in [0.1, 0.15) is 25.7 Å². The molecule has 200 valence electrons. The number of rotatable bonds is 9. The number of aromatic nitrogens is 2. The molecule has 3 aromatic rings. The van der Waals surface area contributed by atoms with Gasteiger partial charge in [-0.15, -0.1) is 0 Å². The number of carbonyl (C=O) groups excluding carboxylic acids is 1. The van der Waals surface area contributed by atoms with Gasteiger partial charge in [-0.3, -0.25) is 4.79 Å². The molecule has 2 aromatic carbocycles. The number of nitrogens with zero attached hydrogens (tertiary/aromatic N) is 3. The summed E-state index contributed by atoms with van der Waals surface area (Å²) in [6.45, 7) is 4.36. The van der Waals surface area contributed by atoms with E-state index in [1.54, 1.807) is 19.2 Å². The number of benzene rings is 2. The minimum Gasteiger partial charge on any atom is -0.487 e. The summed E-state index contributed by atoms with van der Waals surface area (Å²) in [6, 6.07) is 6.78. The maximum atomic E-state index is 14.8. The Morgan fingerprint density at radius 2 is 1.95 bits per heavy atom. The van der Waals surface area contributed by atoms with Crippen molar-refractivity contribution in [2.24, 2.45) is 0 Å². The molecule has 2 aliphatic rings. The summed E-state index contributed by atoms with van der Waals surface area (Å²) < 4.78 is 32.4. The fraction of sp³-hybridized carbons (Fsp3) is 0.370. The van der Waals surface area contributed by atoms with E-state index in [1.165, 1.54) is 24.5 Å². The number of carbonyl (C=O) groups is 1. The van der Waals surface area contributed by atoms with Crippen molar-refractivity contribution in [2.45, 2.75) is 43.9 Å². The van der Waals surface area contributed by atoms with Gasteiger partial charge in [0.15, 0.2) is 17.3 Å². The first-order valence-electron chi connectivity index (χ1n) is 12.3. The van der Waals surface area contributed by atoms with Gasteiger partial charge >= 0.3 is 0 Å². The number of hydrogen-bond donors (Lipinski definition) is 1. The number of ether oxygens (including phenoxy) is 3. The van der Waals surface area contributed by atoms with Crippen LogP contribution in [0.3, 0.4) is 0 Å². The Balaban J connectivity index is 1.47. The zero-order valence-corrected chi connectivity index (χ0v) is 22.3. The Hall–Kier alpha value is -3.14. The molecule has 1 aromatic heterocycles. The lowest BCUT2D eigenvalue weighted by Gasteiger charge is -2.38. The fourth-order valence-corrected chi connectivity index (χ4v) is 5.53. The van der Waals surface area contributed by atoms with Gasteiger partial charge in [0, 0.05) is 43.5 Å². The van der Waals surface area contributed by atoms with E-state index >= 15 is 0 Å². The van der Waals surface area contributed by atoms with E-state index in [-0.39, 0.29) is 39.8 Å². The number of piperidine rings is 1. The second-order valence-electron chi connectivity index (χ2n) is 9.27. The van der Waals surface area contributed by atoms with E-state index in [0.29, 0.717) is 54.3 Å². The van der Waals surface area contributed by atoms with Crippen LogP contribution in [0.5, 0.6) is 11.5 Å². The molecule has 1 N–H and O–H groups in total. The maximum absolute atomic E-state index is 14.8. The lowest BCUT2D eigenvalue weighted by Crippen LogP contribution is -2.48. The predicted molar refractivity (Wildman–Crippen MR) is 144 cm³/mol. The summed E-state index contributed by atoms with van der Waals surface area (Å²) in [6.07, 6.45) is 5.93. The summed E-state index contributed by atoms with van der Waals surface area (Å²) in [4.78, 5) is 23.0. The second kappa shape index (κ2) is 11.3. The second-order valence-corrected chi connectivity index (χ2v) is 10.1. The van der Waals surface area contributed by atoms with Crippen molar-refractivity contribution in [1.82, 2.24) is 14.9 Å². The van der Waals surface area contributed by atoms with Crippen LogP contribution in [-0.2, 0) is 9.53 Å². The number of halogens is 3. The van der Waals surface area contributed by atoms with Crippen LogP contribution in [0.2, 0.25) is 10.0 Å². The van der Waals surface area contributed by atoms with Gasteiger partial charge in [-0.05, 0) is 37.1 Å². The van der Waals surface area contributed by atoms with E-state index in [4.69, 9.17) is 37.4 Å². The van der Waals surface area contributed by atoms with E-state index < -0.39 is 5.82 Å². The summed E-state index contributed by atoms with van der Waals surface area (Å²) in [5, 5.41) is 3.54. The SMILES string of the molecule is C=CC(=O)N1[C@@H]2CC[C@H]1CC(Oc1cc3c(Nc4ccc(Cl)c(Cl)c4F)ncnc3cc1OCCOC)C2. The largest absolute Gasteiger partial charge is 0.487 e. The van der Waals surface area contributed by atoms with E-state index in [1.807, 2.05) is 4.90 Å². The van der Waals surface area contributed by atoms with E-state index in [2.05, 4.69) is 21.9 Å². The molecule has 2 saturated heterocycles. The molecule has 0 radical (unpaired) electrons. The minimum atomic E-state index is -0.682. The molecule has 11 heteroatoms. The van der Waals surface area contributed by atoms with Crippen LogP contribution in [-0.4, -0.2) is 59.3 Å². The number of anilines is 2. The summed E-state index contributed by atoms with van der Waals surface area (Å²) in [7, 11) is 1.60. The molecule has 2 aliphatic heterocycles. The van der Waals surface area contributed by atoms with Gasteiger partial charge in [-0.2, -0.15) is 0 Å². The third-order valence-corrected chi connectivity index (χ3v) is 7.73. The number of methoxy groups -OCH3 is 1. The molecule has 1 unspecified atom stereocenters. The molecule has 0 saturated carbocycles. The van der Waals surface area contributed by atoms with Gasteiger partial charge in [-0.25, -0.2) is 14.4 Å². The first-order valence-corrected chi connectivity index (χ1v) is 13.1. The Kier molecular flexibility index (Phi) is 7.88. The van der Waals surface area contributed by atoms with E-state index in [0.717, 1.165) is 12.8 Å². The highest BCUT2D eigenvalue weighted by atomic mass is 35.5. The van der Waals surface area contributed by atoms with Crippen LogP contribution < -0.4 is 14.8 Å². The van der Waals surface area contributed by atoms with Crippen molar-refractivity contribution < 1.29 is 23.4 Å². The Bertz CT molecular complexity index is 1360. The number of amides is 1. The molecule has 1 amide bonds. The maximum Gasteiger partial charge on any atom is 0.246 e. The summed E-state index contributed by atoms with van der Waals surface area (Å²) >= 11 is 11.9.